The highest BCUT2D eigenvalue weighted by atomic mass is 31.2. The minimum Gasteiger partial charge on any atom is -0.305 e. The van der Waals surface area contributed by atoms with Gasteiger partial charge in [0.2, 0.25) is 0 Å². The molecule has 0 heterocycles. The minimum absolute atomic E-state index is 0.00400. The summed E-state index contributed by atoms with van der Waals surface area (Å²) in [6, 6.07) is 7.58. The molecule has 1 aromatic rings. The summed E-state index contributed by atoms with van der Waals surface area (Å²) in [4.78, 5) is 0. The van der Waals surface area contributed by atoms with Crippen LogP contribution in [-0.2, 0) is 13.6 Å². The molecule has 0 aliphatic rings. The lowest BCUT2D eigenvalue weighted by Gasteiger charge is -2.18. The van der Waals surface area contributed by atoms with Crippen molar-refractivity contribution in [2.75, 3.05) is 13.2 Å². The average Bonchev–Trinajstić information content (AvgIpc) is 2.27. The fourth-order valence-electron chi connectivity index (χ4n) is 1.13. The molecule has 0 aliphatic carbocycles. The van der Waals surface area contributed by atoms with Crippen LogP contribution in [0.15, 0.2) is 30.3 Å². The van der Waals surface area contributed by atoms with Gasteiger partial charge in [-0.25, -0.2) is 0 Å². The first kappa shape index (κ1) is 14.2. The van der Waals surface area contributed by atoms with Gasteiger partial charge in [0.15, 0.2) is 6.61 Å². The molecule has 17 heavy (non-hydrogen) atoms. The summed E-state index contributed by atoms with van der Waals surface area (Å²) in [5.74, 6) is 0. The first-order chi connectivity index (χ1) is 7.87. The highest BCUT2D eigenvalue weighted by molar-refractivity contribution is 7.62. The van der Waals surface area contributed by atoms with Gasteiger partial charge < -0.3 is 4.52 Å². The highest BCUT2D eigenvalue weighted by Gasteiger charge is 2.35. The average molecular weight is 268 g/mol. The Bertz CT molecular complexity index is 392. The highest BCUT2D eigenvalue weighted by Crippen LogP contribution is 2.47. The van der Waals surface area contributed by atoms with Crippen LogP contribution in [0.3, 0.4) is 0 Å². The number of halogens is 3. The van der Waals surface area contributed by atoms with Gasteiger partial charge in [-0.15, -0.1) is 0 Å². The Hall–Kier alpha value is -0.840. The van der Waals surface area contributed by atoms with Crippen LogP contribution in [0.5, 0.6) is 0 Å². The van der Waals surface area contributed by atoms with Crippen LogP contribution in [0.4, 0.5) is 13.2 Å². The van der Waals surface area contributed by atoms with Crippen molar-refractivity contribution in [3.8, 4) is 0 Å². The Kier molecular flexibility index (Phi) is 4.74. The van der Waals surface area contributed by atoms with Crippen LogP contribution in [0.1, 0.15) is 6.92 Å². The summed E-state index contributed by atoms with van der Waals surface area (Å²) < 4.78 is 57.5. The Morgan fingerprint density at radius 2 is 1.76 bits per heavy atom. The lowest BCUT2D eigenvalue weighted by atomic mass is 10.4. The molecule has 0 fully saturated rings. The Morgan fingerprint density at radius 3 is 2.24 bits per heavy atom. The van der Waals surface area contributed by atoms with Crippen LogP contribution in [0.25, 0.3) is 0 Å². The first-order valence-electron chi connectivity index (χ1n) is 4.89. The summed E-state index contributed by atoms with van der Waals surface area (Å²) in [5, 5.41) is 0.117. The standard InChI is InChI=1S/C10H12F3O3P/c1-2-15-17(14,16-8-10(11,12)13)9-6-4-3-5-7-9/h3-7H,2,8H2,1H3. The van der Waals surface area contributed by atoms with E-state index in [4.69, 9.17) is 4.52 Å². The topological polar surface area (TPSA) is 35.5 Å². The molecular weight excluding hydrogens is 256 g/mol. The van der Waals surface area contributed by atoms with Gasteiger partial charge >= 0.3 is 13.8 Å². The smallest absolute Gasteiger partial charge is 0.305 e. The third kappa shape index (κ3) is 4.50. The number of hydrogen-bond donors (Lipinski definition) is 0. The summed E-state index contributed by atoms with van der Waals surface area (Å²) in [5.41, 5.74) is 0. The first-order valence-corrected chi connectivity index (χ1v) is 6.43. The molecule has 1 aromatic carbocycles. The second-order valence-electron chi connectivity index (χ2n) is 3.14. The van der Waals surface area contributed by atoms with Gasteiger partial charge in [0.25, 0.3) is 0 Å². The van der Waals surface area contributed by atoms with Crippen LogP contribution < -0.4 is 5.30 Å². The third-order valence-corrected chi connectivity index (χ3v) is 3.77. The minimum atomic E-state index is -4.54. The van der Waals surface area contributed by atoms with Crippen molar-refractivity contribution in [3.05, 3.63) is 30.3 Å². The van der Waals surface area contributed by atoms with Gasteiger partial charge in [-0.05, 0) is 19.1 Å². The molecule has 1 rings (SSSR count). The van der Waals surface area contributed by atoms with E-state index in [1.165, 1.54) is 19.1 Å². The van der Waals surface area contributed by atoms with E-state index >= 15 is 0 Å². The zero-order valence-corrected chi connectivity index (χ0v) is 10.0. The molecule has 0 spiro atoms. The Morgan fingerprint density at radius 1 is 1.18 bits per heavy atom. The van der Waals surface area contributed by atoms with Gasteiger partial charge in [0.05, 0.1) is 11.9 Å². The van der Waals surface area contributed by atoms with E-state index in [1.54, 1.807) is 18.2 Å². The second-order valence-corrected chi connectivity index (χ2v) is 5.17. The van der Waals surface area contributed by atoms with Crippen molar-refractivity contribution in [3.63, 3.8) is 0 Å². The zero-order valence-electron chi connectivity index (χ0n) is 9.11. The monoisotopic (exact) mass is 268 g/mol. The number of rotatable bonds is 5. The normalized spacial score (nSPS) is 15.5. The van der Waals surface area contributed by atoms with E-state index in [1.807, 2.05) is 0 Å². The maximum atomic E-state index is 12.1. The number of benzene rings is 1. The summed E-state index contributed by atoms with van der Waals surface area (Å²) in [6.07, 6.45) is -4.54. The maximum absolute atomic E-state index is 12.1. The van der Waals surface area contributed by atoms with Gasteiger partial charge in [0, 0.05) is 0 Å². The van der Waals surface area contributed by atoms with Crippen molar-refractivity contribution < 1.29 is 26.8 Å². The largest absolute Gasteiger partial charge is 0.412 e. The van der Waals surface area contributed by atoms with E-state index in [-0.39, 0.29) is 11.9 Å². The molecule has 0 N–H and O–H groups in total. The second kappa shape index (κ2) is 5.67. The Balaban J connectivity index is 2.87. The molecule has 96 valence electrons. The molecule has 0 saturated carbocycles. The summed E-state index contributed by atoms with van der Waals surface area (Å²) >= 11 is 0. The molecular formula is C10H12F3O3P. The third-order valence-electron chi connectivity index (χ3n) is 1.77. The predicted molar refractivity (Wildman–Crippen MR) is 57.3 cm³/mol. The molecule has 0 radical (unpaired) electrons. The van der Waals surface area contributed by atoms with E-state index in [0.29, 0.717) is 0 Å². The molecule has 1 atom stereocenters. The molecule has 0 aliphatic heterocycles. The number of hydrogen-bond acceptors (Lipinski definition) is 3. The molecule has 7 heteroatoms. The van der Waals surface area contributed by atoms with E-state index in [2.05, 4.69) is 4.52 Å². The summed E-state index contributed by atoms with van der Waals surface area (Å²) in [7, 11) is -3.89. The lowest BCUT2D eigenvalue weighted by Crippen LogP contribution is -2.19. The van der Waals surface area contributed by atoms with E-state index in [0.717, 1.165) is 0 Å². The molecule has 0 bridgehead atoms. The molecule has 0 amide bonds. The maximum Gasteiger partial charge on any atom is 0.412 e. The Labute approximate surface area is 97.1 Å². The van der Waals surface area contributed by atoms with Crippen LogP contribution >= 0.6 is 7.60 Å². The molecule has 0 saturated heterocycles. The van der Waals surface area contributed by atoms with Gasteiger partial charge in [-0.1, -0.05) is 18.2 Å². The van der Waals surface area contributed by atoms with Crippen LogP contribution in [0.2, 0.25) is 0 Å². The summed E-state index contributed by atoms with van der Waals surface area (Å²) in [6.45, 7) is -0.0598. The fraction of sp³-hybridized carbons (Fsp3) is 0.400. The predicted octanol–water partition coefficient (Wildman–Crippen LogP) is 3.12. The van der Waals surface area contributed by atoms with Crippen molar-refractivity contribution >= 4 is 12.9 Å². The quantitative estimate of drug-likeness (QED) is 0.770. The molecule has 1 unspecified atom stereocenters. The van der Waals surface area contributed by atoms with Crippen LogP contribution in [0, 0.1) is 0 Å². The van der Waals surface area contributed by atoms with Crippen molar-refractivity contribution in [2.45, 2.75) is 13.1 Å². The zero-order chi connectivity index (χ0) is 12.9. The lowest BCUT2D eigenvalue weighted by molar-refractivity contribution is -0.154. The van der Waals surface area contributed by atoms with Crippen molar-refractivity contribution in [1.29, 1.82) is 0 Å². The SMILES string of the molecule is CCOP(=O)(OCC(F)(F)F)c1ccccc1. The fourth-order valence-corrected chi connectivity index (χ4v) is 2.69. The molecule has 3 nitrogen and oxygen atoms in total. The van der Waals surface area contributed by atoms with Gasteiger partial charge in [-0.3, -0.25) is 9.09 Å². The van der Waals surface area contributed by atoms with E-state index < -0.39 is 20.4 Å². The number of alkyl halides is 3. The molecule has 0 aromatic heterocycles. The van der Waals surface area contributed by atoms with Crippen molar-refractivity contribution in [1.82, 2.24) is 0 Å². The van der Waals surface area contributed by atoms with Gasteiger partial charge in [-0.2, -0.15) is 13.2 Å². The van der Waals surface area contributed by atoms with Crippen LogP contribution in [-0.4, -0.2) is 19.4 Å². The van der Waals surface area contributed by atoms with Gasteiger partial charge in [0.1, 0.15) is 0 Å². The van der Waals surface area contributed by atoms with Crippen molar-refractivity contribution in [2.24, 2.45) is 0 Å². The van der Waals surface area contributed by atoms with E-state index in [9.17, 15) is 17.7 Å².